The fraction of sp³-hybridized carbons (Fsp3) is 0.154. The van der Waals surface area contributed by atoms with Crippen LogP contribution in [0.4, 0.5) is 4.79 Å². The van der Waals surface area contributed by atoms with Crippen molar-refractivity contribution in [2.45, 2.75) is 25.0 Å². The molecule has 0 spiro atoms. The summed E-state index contributed by atoms with van der Waals surface area (Å²) in [6.45, 7) is 0.293. The minimum atomic E-state index is -0.492. The van der Waals surface area contributed by atoms with Crippen LogP contribution in [0.5, 0.6) is 0 Å². The monoisotopic (exact) mass is 407 g/mol. The van der Waals surface area contributed by atoms with Gasteiger partial charge in [0, 0.05) is 23.0 Å². The van der Waals surface area contributed by atoms with E-state index in [1.54, 1.807) is 4.90 Å². The first-order chi connectivity index (χ1) is 15.2. The molecule has 0 bridgehead atoms. The van der Waals surface area contributed by atoms with E-state index in [0.717, 1.165) is 33.3 Å². The second kappa shape index (κ2) is 6.84. The first kappa shape index (κ1) is 18.0. The van der Waals surface area contributed by atoms with Crippen molar-refractivity contribution < 1.29 is 9.59 Å². The quantitative estimate of drug-likeness (QED) is 0.503. The van der Waals surface area contributed by atoms with Crippen molar-refractivity contribution in [2.75, 3.05) is 0 Å². The standard InChI is InChI=1S/C26H21N3O2/c30-25-22-15-20-19-13-7-8-14-21(19)27-23(20)24(18-11-5-2-6-12-18)29(22)26(31)28(25)16-17-9-3-1-4-10-17/h1-14,22,24,27H,15-16H2/t22-,24+/m1/s1. The average molecular weight is 407 g/mol. The molecule has 152 valence electrons. The van der Waals surface area contributed by atoms with E-state index in [4.69, 9.17) is 0 Å². The molecular formula is C26H21N3O2. The van der Waals surface area contributed by atoms with Crippen LogP contribution in [0.25, 0.3) is 10.9 Å². The number of amides is 3. The predicted molar refractivity (Wildman–Crippen MR) is 118 cm³/mol. The van der Waals surface area contributed by atoms with Gasteiger partial charge in [0.25, 0.3) is 5.91 Å². The van der Waals surface area contributed by atoms with Gasteiger partial charge < -0.3 is 4.98 Å². The summed E-state index contributed by atoms with van der Waals surface area (Å²) in [4.78, 5) is 33.8. The SMILES string of the molecule is O=C1[C@H]2Cc3c([nH]c4ccccc34)[C@H](c3ccccc3)N2C(=O)N1Cc1ccccc1. The lowest BCUT2D eigenvalue weighted by Crippen LogP contribution is -2.44. The van der Waals surface area contributed by atoms with Crippen LogP contribution >= 0.6 is 0 Å². The summed E-state index contributed by atoms with van der Waals surface area (Å²) >= 11 is 0. The highest BCUT2D eigenvalue weighted by atomic mass is 16.2. The van der Waals surface area contributed by atoms with Gasteiger partial charge in [0.15, 0.2) is 0 Å². The Hall–Kier alpha value is -3.86. The molecular weight excluding hydrogens is 386 g/mol. The van der Waals surface area contributed by atoms with Crippen molar-refractivity contribution in [3.8, 4) is 0 Å². The Labute approximate surface area is 179 Å². The van der Waals surface area contributed by atoms with E-state index in [-0.39, 0.29) is 18.0 Å². The maximum atomic E-state index is 13.6. The third-order valence-corrected chi connectivity index (χ3v) is 6.43. The fourth-order valence-electron chi connectivity index (χ4n) is 5.02. The molecule has 31 heavy (non-hydrogen) atoms. The number of imide groups is 1. The molecule has 1 aromatic heterocycles. The maximum Gasteiger partial charge on any atom is 0.328 e. The Morgan fingerprint density at radius 2 is 1.52 bits per heavy atom. The van der Waals surface area contributed by atoms with E-state index in [0.29, 0.717) is 13.0 Å². The molecule has 3 amide bonds. The summed E-state index contributed by atoms with van der Waals surface area (Å²) in [6, 6.07) is 26.8. The Bertz CT molecular complexity index is 1300. The summed E-state index contributed by atoms with van der Waals surface area (Å²) in [7, 11) is 0. The van der Waals surface area contributed by atoms with Crippen molar-refractivity contribution in [3.63, 3.8) is 0 Å². The Morgan fingerprint density at radius 1 is 0.839 bits per heavy atom. The fourth-order valence-corrected chi connectivity index (χ4v) is 5.02. The molecule has 2 atom stereocenters. The molecule has 0 aliphatic carbocycles. The normalized spacial score (nSPS) is 20.3. The smallest absolute Gasteiger partial charge is 0.328 e. The zero-order chi connectivity index (χ0) is 20.9. The first-order valence-electron chi connectivity index (χ1n) is 10.5. The van der Waals surface area contributed by atoms with Gasteiger partial charge in [-0.05, 0) is 22.8 Å². The van der Waals surface area contributed by atoms with E-state index in [1.807, 2.05) is 78.9 Å². The van der Waals surface area contributed by atoms with Crippen LogP contribution < -0.4 is 0 Å². The van der Waals surface area contributed by atoms with Crippen LogP contribution in [0.3, 0.4) is 0 Å². The van der Waals surface area contributed by atoms with E-state index in [9.17, 15) is 9.59 Å². The van der Waals surface area contributed by atoms with Gasteiger partial charge in [-0.1, -0.05) is 78.9 Å². The number of carbonyl (C=O) groups is 2. The number of benzene rings is 3. The number of aromatic amines is 1. The summed E-state index contributed by atoms with van der Waals surface area (Å²) in [5.74, 6) is -0.120. The van der Waals surface area contributed by atoms with Gasteiger partial charge in [0.05, 0.1) is 6.54 Å². The highest BCUT2D eigenvalue weighted by Gasteiger charge is 2.52. The highest BCUT2D eigenvalue weighted by Crippen LogP contribution is 2.44. The third-order valence-electron chi connectivity index (χ3n) is 6.43. The predicted octanol–water partition coefficient (Wildman–Crippen LogP) is 4.65. The van der Waals surface area contributed by atoms with E-state index >= 15 is 0 Å². The van der Waals surface area contributed by atoms with Crippen molar-refractivity contribution >= 4 is 22.8 Å². The third kappa shape index (κ3) is 2.70. The van der Waals surface area contributed by atoms with Crippen molar-refractivity contribution in [1.29, 1.82) is 0 Å². The molecule has 5 heteroatoms. The molecule has 3 aromatic carbocycles. The van der Waals surface area contributed by atoms with Crippen molar-refractivity contribution in [3.05, 3.63) is 107 Å². The summed E-state index contributed by atoms with van der Waals surface area (Å²) in [6.07, 6.45) is 0.526. The number of fused-ring (bicyclic) bond motifs is 4. The number of H-pyrrole nitrogens is 1. The number of nitrogens with zero attached hydrogens (tertiary/aromatic N) is 2. The van der Waals surface area contributed by atoms with Crippen molar-refractivity contribution in [2.24, 2.45) is 0 Å². The molecule has 1 N–H and O–H groups in total. The Balaban J connectivity index is 1.49. The lowest BCUT2D eigenvalue weighted by Gasteiger charge is -2.36. The summed E-state index contributed by atoms with van der Waals surface area (Å²) in [5.41, 5.74) is 5.13. The lowest BCUT2D eigenvalue weighted by atomic mass is 9.89. The molecule has 2 aliphatic rings. The topological polar surface area (TPSA) is 56.4 Å². The molecule has 4 aromatic rings. The number of aromatic nitrogens is 1. The van der Waals surface area contributed by atoms with Crippen LogP contribution in [0.1, 0.15) is 28.4 Å². The second-order valence-electron chi connectivity index (χ2n) is 8.20. The molecule has 1 fully saturated rings. The van der Waals surface area contributed by atoms with E-state index < -0.39 is 6.04 Å². The van der Waals surface area contributed by atoms with Gasteiger partial charge in [0.1, 0.15) is 12.1 Å². The number of hydrogen-bond donors (Lipinski definition) is 1. The number of nitrogens with one attached hydrogen (secondary N) is 1. The van der Waals surface area contributed by atoms with Crippen LogP contribution in [0.15, 0.2) is 84.9 Å². The second-order valence-corrected chi connectivity index (χ2v) is 8.20. The van der Waals surface area contributed by atoms with E-state index in [2.05, 4.69) is 11.1 Å². The van der Waals surface area contributed by atoms with Gasteiger partial charge in [-0.15, -0.1) is 0 Å². The molecule has 5 nitrogen and oxygen atoms in total. The number of rotatable bonds is 3. The number of hydrogen-bond acceptors (Lipinski definition) is 2. The van der Waals surface area contributed by atoms with Crippen LogP contribution in [-0.4, -0.2) is 32.8 Å². The molecule has 3 heterocycles. The lowest BCUT2D eigenvalue weighted by molar-refractivity contribution is -0.129. The molecule has 2 aliphatic heterocycles. The zero-order valence-corrected chi connectivity index (χ0v) is 16.9. The number of para-hydroxylation sites is 1. The van der Waals surface area contributed by atoms with Gasteiger partial charge >= 0.3 is 6.03 Å². The highest BCUT2D eigenvalue weighted by molar-refractivity contribution is 6.05. The summed E-state index contributed by atoms with van der Waals surface area (Å²) < 4.78 is 0. The minimum Gasteiger partial charge on any atom is -0.356 e. The largest absolute Gasteiger partial charge is 0.356 e. The first-order valence-corrected chi connectivity index (χ1v) is 10.5. The van der Waals surface area contributed by atoms with Crippen molar-refractivity contribution in [1.82, 2.24) is 14.8 Å². The average Bonchev–Trinajstić information content (AvgIpc) is 3.30. The Morgan fingerprint density at radius 3 is 2.29 bits per heavy atom. The molecule has 0 unspecified atom stereocenters. The van der Waals surface area contributed by atoms with Gasteiger partial charge in [-0.3, -0.25) is 14.6 Å². The number of urea groups is 1. The molecule has 0 saturated carbocycles. The Kier molecular flexibility index (Phi) is 3.96. The maximum absolute atomic E-state index is 13.6. The van der Waals surface area contributed by atoms with Gasteiger partial charge in [-0.2, -0.15) is 0 Å². The van der Waals surface area contributed by atoms with Gasteiger partial charge in [-0.25, -0.2) is 4.79 Å². The molecule has 0 radical (unpaired) electrons. The van der Waals surface area contributed by atoms with E-state index in [1.165, 1.54) is 4.90 Å². The summed E-state index contributed by atoms with van der Waals surface area (Å²) in [5, 5.41) is 1.12. The van der Waals surface area contributed by atoms with Crippen LogP contribution in [0, 0.1) is 0 Å². The van der Waals surface area contributed by atoms with Crippen LogP contribution in [0.2, 0.25) is 0 Å². The molecule has 1 saturated heterocycles. The zero-order valence-electron chi connectivity index (χ0n) is 16.9. The number of carbonyl (C=O) groups excluding carboxylic acids is 2. The minimum absolute atomic E-state index is 0.120. The molecule has 6 rings (SSSR count). The van der Waals surface area contributed by atoms with Gasteiger partial charge in [0.2, 0.25) is 0 Å². The van der Waals surface area contributed by atoms with Crippen LogP contribution in [-0.2, 0) is 17.8 Å².